The molecule has 1 aliphatic rings. The van der Waals surface area contributed by atoms with Gasteiger partial charge in [-0.3, -0.25) is 10.1 Å². The van der Waals surface area contributed by atoms with Gasteiger partial charge in [-0.2, -0.15) is 0 Å². The number of sulfonamides is 1. The maximum absolute atomic E-state index is 13.1. The van der Waals surface area contributed by atoms with Gasteiger partial charge in [-0.05, 0) is 69.1 Å². The number of benzene rings is 2. The number of aromatic nitrogens is 2. The first-order valence-electron chi connectivity index (χ1n) is 10.1. The van der Waals surface area contributed by atoms with Gasteiger partial charge in [-0.1, -0.05) is 25.0 Å². The monoisotopic (exact) mass is 426 g/mol. The van der Waals surface area contributed by atoms with Crippen LogP contribution in [-0.2, 0) is 10.0 Å². The van der Waals surface area contributed by atoms with Crippen LogP contribution in [0.2, 0.25) is 0 Å². The number of nitrogens with one attached hydrogen (secondary N) is 2. The molecule has 0 radical (unpaired) electrons. The molecule has 0 bridgehead atoms. The van der Waals surface area contributed by atoms with Crippen molar-refractivity contribution in [1.82, 2.24) is 14.3 Å². The van der Waals surface area contributed by atoms with E-state index in [1.54, 1.807) is 19.9 Å². The van der Waals surface area contributed by atoms with Crippen LogP contribution in [0, 0.1) is 13.8 Å². The van der Waals surface area contributed by atoms with Crippen LogP contribution in [0.4, 0.5) is 5.95 Å². The van der Waals surface area contributed by atoms with E-state index in [1.165, 1.54) is 13.1 Å². The summed E-state index contributed by atoms with van der Waals surface area (Å²) in [4.78, 5) is 17.9. The van der Waals surface area contributed by atoms with Crippen molar-refractivity contribution in [3.63, 3.8) is 0 Å². The Morgan fingerprint density at radius 3 is 2.53 bits per heavy atom. The van der Waals surface area contributed by atoms with Crippen molar-refractivity contribution in [2.24, 2.45) is 0 Å². The average Bonchev–Trinajstić information content (AvgIpc) is 3.36. The first-order valence-corrected chi connectivity index (χ1v) is 11.6. The van der Waals surface area contributed by atoms with Crippen molar-refractivity contribution in [3.05, 3.63) is 53.1 Å². The van der Waals surface area contributed by atoms with E-state index >= 15 is 0 Å². The molecule has 1 amide bonds. The van der Waals surface area contributed by atoms with Crippen LogP contribution >= 0.6 is 0 Å². The molecule has 0 atom stereocenters. The molecular weight excluding hydrogens is 400 g/mol. The topological polar surface area (TPSA) is 93.1 Å². The van der Waals surface area contributed by atoms with Gasteiger partial charge in [0, 0.05) is 11.6 Å². The van der Waals surface area contributed by atoms with E-state index in [4.69, 9.17) is 0 Å². The summed E-state index contributed by atoms with van der Waals surface area (Å²) in [6, 6.07) is 11.3. The van der Waals surface area contributed by atoms with Gasteiger partial charge in [0.1, 0.15) is 0 Å². The molecule has 2 N–H and O–H groups in total. The molecule has 0 unspecified atom stereocenters. The van der Waals surface area contributed by atoms with Gasteiger partial charge in [0.2, 0.25) is 16.0 Å². The van der Waals surface area contributed by atoms with E-state index < -0.39 is 10.0 Å². The Kier molecular flexibility index (Phi) is 5.38. The molecule has 1 saturated carbocycles. The maximum Gasteiger partial charge on any atom is 0.258 e. The molecule has 2 aromatic carbocycles. The zero-order valence-electron chi connectivity index (χ0n) is 17.4. The summed E-state index contributed by atoms with van der Waals surface area (Å²) in [6.07, 6.45) is 4.43. The van der Waals surface area contributed by atoms with Crippen molar-refractivity contribution in [3.8, 4) is 0 Å². The molecule has 8 heteroatoms. The summed E-state index contributed by atoms with van der Waals surface area (Å²) in [6.45, 7) is 3.54. The normalized spacial score (nSPS) is 15.0. The summed E-state index contributed by atoms with van der Waals surface area (Å²) in [5.41, 5.74) is 3.48. The highest BCUT2D eigenvalue weighted by Gasteiger charge is 2.25. The van der Waals surface area contributed by atoms with Gasteiger partial charge in [0.15, 0.2) is 0 Å². The predicted molar refractivity (Wildman–Crippen MR) is 117 cm³/mol. The molecular formula is C22H26N4O3S. The molecule has 1 fully saturated rings. The van der Waals surface area contributed by atoms with Gasteiger partial charge in [-0.15, -0.1) is 0 Å². The number of anilines is 1. The fraction of sp³-hybridized carbons (Fsp3) is 0.364. The largest absolute Gasteiger partial charge is 0.307 e. The van der Waals surface area contributed by atoms with Crippen molar-refractivity contribution >= 4 is 32.9 Å². The molecule has 0 aliphatic heterocycles. The number of amides is 1. The van der Waals surface area contributed by atoms with E-state index in [9.17, 15) is 13.2 Å². The lowest BCUT2D eigenvalue weighted by Gasteiger charge is -2.17. The minimum absolute atomic E-state index is 0.111. The van der Waals surface area contributed by atoms with E-state index in [0.29, 0.717) is 17.6 Å². The fourth-order valence-electron chi connectivity index (χ4n) is 4.19. The van der Waals surface area contributed by atoms with Crippen LogP contribution in [-0.4, -0.2) is 30.9 Å². The summed E-state index contributed by atoms with van der Waals surface area (Å²) in [7, 11) is -2.31. The van der Waals surface area contributed by atoms with Crippen molar-refractivity contribution in [2.75, 3.05) is 12.4 Å². The molecule has 30 heavy (non-hydrogen) atoms. The second-order valence-corrected chi connectivity index (χ2v) is 9.67. The van der Waals surface area contributed by atoms with Crippen LogP contribution in [0.15, 0.2) is 41.3 Å². The van der Waals surface area contributed by atoms with Crippen molar-refractivity contribution in [2.45, 2.75) is 50.5 Å². The number of nitrogens with zero attached hydrogens (tertiary/aromatic N) is 2. The Morgan fingerprint density at radius 1 is 1.13 bits per heavy atom. The van der Waals surface area contributed by atoms with Crippen LogP contribution < -0.4 is 10.0 Å². The average molecular weight is 427 g/mol. The molecule has 1 aromatic heterocycles. The Bertz CT molecular complexity index is 1220. The van der Waals surface area contributed by atoms with Crippen LogP contribution in [0.1, 0.15) is 53.2 Å². The molecule has 4 rings (SSSR count). The van der Waals surface area contributed by atoms with Gasteiger partial charge in [0.25, 0.3) is 5.91 Å². The quantitative estimate of drug-likeness (QED) is 0.646. The number of para-hydroxylation sites is 2. The number of imidazole rings is 1. The minimum atomic E-state index is -3.67. The minimum Gasteiger partial charge on any atom is -0.307 e. The number of hydrogen-bond donors (Lipinski definition) is 2. The highest BCUT2D eigenvalue weighted by Crippen LogP contribution is 2.35. The zero-order valence-corrected chi connectivity index (χ0v) is 18.2. The van der Waals surface area contributed by atoms with Gasteiger partial charge < -0.3 is 4.57 Å². The third-order valence-corrected chi connectivity index (χ3v) is 7.49. The number of rotatable bonds is 5. The number of carbonyl (C=O) groups is 1. The smallest absolute Gasteiger partial charge is 0.258 e. The van der Waals surface area contributed by atoms with E-state index in [1.807, 2.05) is 24.3 Å². The number of carbonyl (C=O) groups excluding carboxylic acids is 1. The molecule has 158 valence electrons. The Hall–Kier alpha value is -2.71. The molecule has 7 nitrogen and oxygen atoms in total. The fourth-order valence-corrected chi connectivity index (χ4v) is 5.25. The van der Waals surface area contributed by atoms with Gasteiger partial charge in [0.05, 0.1) is 15.9 Å². The number of hydrogen-bond acceptors (Lipinski definition) is 4. The Labute approximate surface area is 176 Å². The molecule has 1 aliphatic carbocycles. The molecule has 3 aromatic rings. The summed E-state index contributed by atoms with van der Waals surface area (Å²) in [5.74, 6) is 0.129. The standard InChI is InChI=1S/C22H26N4O3S/c1-14-12-16(13-20(15(14)2)30(28,29)23-3)21(27)25-22-24-18-10-6-7-11-19(18)26(22)17-8-4-5-9-17/h6-7,10-13,17,23H,4-5,8-9H2,1-3H3,(H,24,25,27). The summed E-state index contributed by atoms with van der Waals surface area (Å²) in [5, 5.41) is 2.93. The van der Waals surface area contributed by atoms with Crippen LogP contribution in [0.25, 0.3) is 11.0 Å². The van der Waals surface area contributed by atoms with Crippen molar-refractivity contribution in [1.29, 1.82) is 0 Å². The number of aryl methyl sites for hydroxylation is 1. The third-order valence-electron chi connectivity index (χ3n) is 5.95. The molecule has 0 spiro atoms. The maximum atomic E-state index is 13.1. The summed E-state index contributed by atoms with van der Waals surface area (Å²) >= 11 is 0. The van der Waals surface area contributed by atoms with E-state index in [-0.39, 0.29) is 16.4 Å². The first-order chi connectivity index (χ1) is 14.3. The Balaban J connectivity index is 1.75. The first kappa shape index (κ1) is 20.6. The number of fused-ring (bicyclic) bond motifs is 1. The predicted octanol–water partition coefficient (Wildman–Crippen LogP) is 3.93. The Morgan fingerprint density at radius 2 is 1.83 bits per heavy atom. The molecule has 1 heterocycles. The highest BCUT2D eigenvalue weighted by molar-refractivity contribution is 7.89. The summed E-state index contributed by atoms with van der Waals surface area (Å²) < 4.78 is 29.2. The lowest BCUT2D eigenvalue weighted by atomic mass is 10.1. The van der Waals surface area contributed by atoms with E-state index in [2.05, 4.69) is 19.6 Å². The lowest BCUT2D eigenvalue weighted by Crippen LogP contribution is -2.22. The van der Waals surface area contributed by atoms with Crippen LogP contribution in [0.3, 0.4) is 0 Å². The highest BCUT2D eigenvalue weighted by atomic mass is 32.2. The van der Waals surface area contributed by atoms with Gasteiger partial charge >= 0.3 is 0 Å². The third kappa shape index (κ3) is 3.61. The van der Waals surface area contributed by atoms with E-state index in [0.717, 1.165) is 42.3 Å². The van der Waals surface area contributed by atoms with Gasteiger partial charge in [-0.25, -0.2) is 18.1 Å². The second kappa shape index (κ2) is 7.85. The zero-order chi connectivity index (χ0) is 21.5. The second-order valence-electron chi connectivity index (χ2n) is 7.81. The van der Waals surface area contributed by atoms with Crippen molar-refractivity contribution < 1.29 is 13.2 Å². The molecule has 0 saturated heterocycles. The SMILES string of the molecule is CNS(=O)(=O)c1cc(C(=O)Nc2nc3ccccc3n2C2CCCC2)cc(C)c1C. The lowest BCUT2D eigenvalue weighted by molar-refractivity contribution is 0.102. The van der Waals surface area contributed by atoms with Crippen LogP contribution in [0.5, 0.6) is 0 Å².